The van der Waals surface area contributed by atoms with Gasteiger partial charge in [-0.25, -0.2) is 0 Å². The number of rotatable bonds is 4. The molecule has 0 bridgehead atoms. The molecular weight excluding hydrogens is 176 g/mol. The number of likely N-dealkylation sites (tertiary alicyclic amines) is 1. The first kappa shape index (κ1) is 12.0. The molecule has 0 radical (unpaired) electrons. The number of methoxy groups -OCH3 is 1. The number of hydrogen-bond acceptors (Lipinski definition) is 3. The minimum absolute atomic E-state index is 0.355. The van der Waals surface area contributed by atoms with Crippen LogP contribution in [-0.2, 0) is 4.74 Å². The van der Waals surface area contributed by atoms with Gasteiger partial charge in [-0.3, -0.25) is 4.90 Å². The monoisotopic (exact) mass is 200 g/mol. The van der Waals surface area contributed by atoms with Crippen LogP contribution >= 0.6 is 0 Å². The van der Waals surface area contributed by atoms with Gasteiger partial charge in [0.2, 0.25) is 0 Å². The fraction of sp³-hybridized carbons (Fsp3) is 1.00. The van der Waals surface area contributed by atoms with Crippen LogP contribution < -0.4 is 5.73 Å². The zero-order chi connectivity index (χ0) is 10.6. The van der Waals surface area contributed by atoms with Gasteiger partial charge in [-0.1, -0.05) is 6.92 Å². The molecule has 0 saturated carbocycles. The zero-order valence-electron chi connectivity index (χ0n) is 9.70. The van der Waals surface area contributed by atoms with Crippen molar-refractivity contribution in [3.8, 4) is 0 Å². The highest BCUT2D eigenvalue weighted by Crippen LogP contribution is 2.18. The Kier molecular flexibility index (Phi) is 4.85. The smallest absolute Gasteiger partial charge is 0.0477 e. The standard InChI is InChI=1S/C11H24N2O/c1-9-4-6-13(8-11(9)12)10(2)5-7-14-3/h9-11H,4-8,12H2,1-3H3. The Labute approximate surface area is 87.6 Å². The second kappa shape index (κ2) is 5.69. The molecule has 3 atom stereocenters. The van der Waals surface area contributed by atoms with Crippen LogP contribution in [0.3, 0.4) is 0 Å². The van der Waals surface area contributed by atoms with E-state index in [0.29, 0.717) is 18.0 Å². The summed E-state index contributed by atoms with van der Waals surface area (Å²) in [5.74, 6) is 0.681. The molecule has 2 N–H and O–H groups in total. The Hall–Kier alpha value is -0.120. The van der Waals surface area contributed by atoms with E-state index in [1.165, 1.54) is 13.0 Å². The van der Waals surface area contributed by atoms with Crippen LogP contribution in [-0.4, -0.2) is 43.8 Å². The molecule has 3 unspecified atom stereocenters. The summed E-state index contributed by atoms with van der Waals surface area (Å²) in [7, 11) is 1.76. The molecule has 0 aliphatic carbocycles. The van der Waals surface area contributed by atoms with Gasteiger partial charge in [-0.2, -0.15) is 0 Å². The van der Waals surface area contributed by atoms with E-state index in [-0.39, 0.29) is 0 Å². The molecule has 84 valence electrons. The van der Waals surface area contributed by atoms with Gasteiger partial charge >= 0.3 is 0 Å². The second-order valence-corrected chi connectivity index (χ2v) is 4.56. The normalized spacial score (nSPS) is 31.7. The van der Waals surface area contributed by atoms with E-state index in [9.17, 15) is 0 Å². The van der Waals surface area contributed by atoms with Crippen molar-refractivity contribution in [2.75, 3.05) is 26.8 Å². The SMILES string of the molecule is COCCC(C)N1CCC(C)C(N)C1. The molecule has 1 fully saturated rings. The van der Waals surface area contributed by atoms with Crippen molar-refractivity contribution < 1.29 is 4.74 Å². The highest BCUT2D eigenvalue weighted by molar-refractivity contribution is 4.82. The number of nitrogens with zero attached hydrogens (tertiary/aromatic N) is 1. The van der Waals surface area contributed by atoms with Gasteiger partial charge < -0.3 is 10.5 Å². The lowest BCUT2D eigenvalue weighted by atomic mass is 9.93. The Bertz CT molecular complexity index is 163. The molecule has 0 aromatic rings. The van der Waals surface area contributed by atoms with Crippen LogP contribution in [0.5, 0.6) is 0 Å². The highest BCUT2D eigenvalue weighted by Gasteiger charge is 2.25. The topological polar surface area (TPSA) is 38.5 Å². The second-order valence-electron chi connectivity index (χ2n) is 4.56. The first-order valence-corrected chi connectivity index (χ1v) is 5.63. The van der Waals surface area contributed by atoms with E-state index in [0.717, 1.165) is 19.6 Å². The molecule has 0 aromatic carbocycles. The van der Waals surface area contributed by atoms with E-state index in [1.807, 2.05) is 0 Å². The molecule has 1 saturated heterocycles. The third-order valence-corrected chi connectivity index (χ3v) is 3.41. The van der Waals surface area contributed by atoms with E-state index in [1.54, 1.807) is 7.11 Å². The van der Waals surface area contributed by atoms with Crippen molar-refractivity contribution in [1.82, 2.24) is 4.90 Å². The van der Waals surface area contributed by atoms with Gasteiger partial charge in [0.25, 0.3) is 0 Å². The maximum absolute atomic E-state index is 6.06. The predicted octanol–water partition coefficient (Wildman–Crippen LogP) is 1.08. The Morgan fingerprint density at radius 2 is 2.29 bits per heavy atom. The highest BCUT2D eigenvalue weighted by atomic mass is 16.5. The molecule has 1 heterocycles. The predicted molar refractivity (Wildman–Crippen MR) is 59.3 cm³/mol. The molecule has 1 aliphatic rings. The fourth-order valence-electron chi connectivity index (χ4n) is 2.00. The quantitative estimate of drug-likeness (QED) is 0.738. The maximum Gasteiger partial charge on any atom is 0.0477 e. The van der Waals surface area contributed by atoms with E-state index in [2.05, 4.69) is 18.7 Å². The molecule has 14 heavy (non-hydrogen) atoms. The molecule has 3 heteroatoms. The van der Waals surface area contributed by atoms with Crippen LogP contribution in [0.25, 0.3) is 0 Å². The van der Waals surface area contributed by atoms with Crippen molar-refractivity contribution in [3.63, 3.8) is 0 Å². The van der Waals surface area contributed by atoms with Crippen LogP contribution in [0.1, 0.15) is 26.7 Å². The Morgan fingerprint density at radius 1 is 1.57 bits per heavy atom. The lowest BCUT2D eigenvalue weighted by molar-refractivity contribution is 0.0986. The van der Waals surface area contributed by atoms with Crippen molar-refractivity contribution in [1.29, 1.82) is 0 Å². The number of hydrogen-bond donors (Lipinski definition) is 1. The minimum atomic E-state index is 0.355. The maximum atomic E-state index is 6.06. The van der Waals surface area contributed by atoms with E-state index in [4.69, 9.17) is 10.5 Å². The molecule has 1 aliphatic heterocycles. The lowest BCUT2D eigenvalue weighted by Crippen LogP contribution is -2.50. The fourth-order valence-corrected chi connectivity index (χ4v) is 2.00. The zero-order valence-corrected chi connectivity index (χ0v) is 9.70. The lowest BCUT2D eigenvalue weighted by Gasteiger charge is -2.38. The molecule has 3 nitrogen and oxygen atoms in total. The van der Waals surface area contributed by atoms with Crippen LogP contribution in [0.15, 0.2) is 0 Å². The largest absolute Gasteiger partial charge is 0.385 e. The summed E-state index contributed by atoms with van der Waals surface area (Å²) >= 11 is 0. The van der Waals surface area contributed by atoms with Crippen molar-refractivity contribution in [2.45, 2.75) is 38.8 Å². The van der Waals surface area contributed by atoms with Crippen LogP contribution in [0.2, 0.25) is 0 Å². The molecule has 1 rings (SSSR count). The first-order valence-electron chi connectivity index (χ1n) is 5.63. The average Bonchev–Trinajstić information content (AvgIpc) is 2.18. The Balaban J connectivity index is 2.30. The van der Waals surface area contributed by atoms with Gasteiger partial charge in [0.05, 0.1) is 0 Å². The Morgan fingerprint density at radius 3 is 2.86 bits per heavy atom. The summed E-state index contributed by atoms with van der Waals surface area (Å²) in [6, 6.07) is 0.960. The van der Waals surface area contributed by atoms with Gasteiger partial charge in [0.15, 0.2) is 0 Å². The molecular formula is C11H24N2O. The molecule has 0 aromatic heterocycles. The van der Waals surface area contributed by atoms with Gasteiger partial charge in [-0.05, 0) is 32.2 Å². The average molecular weight is 200 g/mol. The number of piperidine rings is 1. The van der Waals surface area contributed by atoms with Crippen molar-refractivity contribution >= 4 is 0 Å². The summed E-state index contributed by atoms with van der Waals surface area (Å²) in [4.78, 5) is 2.49. The van der Waals surface area contributed by atoms with Crippen LogP contribution in [0, 0.1) is 5.92 Å². The van der Waals surface area contributed by atoms with Crippen LogP contribution in [0.4, 0.5) is 0 Å². The molecule has 0 spiro atoms. The van der Waals surface area contributed by atoms with Crippen molar-refractivity contribution in [3.05, 3.63) is 0 Å². The third kappa shape index (κ3) is 3.23. The van der Waals surface area contributed by atoms with Gasteiger partial charge in [0, 0.05) is 32.3 Å². The summed E-state index contributed by atoms with van der Waals surface area (Å²) < 4.78 is 5.09. The van der Waals surface area contributed by atoms with Gasteiger partial charge in [-0.15, -0.1) is 0 Å². The summed E-state index contributed by atoms with van der Waals surface area (Å²) in [6.07, 6.45) is 2.34. The summed E-state index contributed by atoms with van der Waals surface area (Å²) in [5, 5.41) is 0. The summed E-state index contributed by atoms with van der Waals surface area (Å²) in [5.41, 5.74) is 6.06. The van der Waals surface area contributed by atoms with E-state index < -0.39 is 0 Å². The number of ether oxygens (including phenoxy) is 1. The van der Waals surface area contributed by atoms with Crippen molar-refractivity contribution in [2.24, 2.45) is 11.7 Å². The van der Waals surface area contributed by atoms with Gasteiger partial charge in [0.1, 0.15) is 0 Å². The summed E-state index contributed by atoms with van der Waals surface area (Å²) in [6.45, 7) is 7.61. The molecule has 0 amide bonds. The van der Waals surface area contributed by atoms with E-state index >= 15 is 0 Å². The number of nitrogens with two attached hydrogens (primary N) is 1. The third-order valence-electron chi connectivity index (χ3n) is 3.41. The minimum Gasteiger partial charge on any atom is -0.385 e. The first-order chi connectivity index (χ1) is 6.65.